The van der Waals surface area contributed by atoms with Crippen LogP contribution in [0.1, 0.15) is 5.69 Å². The average Bonchev–Trinajstić information content (AvgIpc) is 3.07. The van der Waals surface area contributed by atoms with Crippen LogP contribution in [0, 0.1) is 0 Å². The van der Waals surface area contributed by atoms with Gasteiger partial charge in [-0.15, -0.1) is 5.10 Å². The number of hydrogen-bond donors (Lipinski definition) is 2. The monoisotopic (exact) mass is 256 g/mol. The van der Waals surface area contributed by atoms with Crippen LogP contribution in [0.15, 0.2) is 47.1 Å². The van der Waals surface area contributed by atoms with Gasteiger partial charge in [-0.3, -0.25) is 0 Å². The van der Waals surface area contributed by atoms with Crippen molar-refractivity contribution in [2.45, 2.75) is 6.54 Å². The van der Waals surface area contributed by atoms with Crippen molar-refractivity contribution in [3.63, 3.8) is 0 Å². The van der Waals surface area contributed by atoms with Gasteiger partial charge >= 0.3 is 0 Å². The maximum absolute atomic E-state index is 9.32. The summed E-state index contributed by atoms with van der Waals surface area (Å²) in [4.78, 5) is 0. The number of furan rings is 1. The van der Waals surface area contributed by atoms with E-state index in [0.29, 0.717) is 11.5 Å². The first-order valence-electron chi connectivity index (χ1n) is 5.77. The van der Waals surface area contributed by atoms with Crippen LogP contribution in [0.3, 0.4) is 0 Å². The molecule has 0 amide bonds. The van der Waals surface area contributed by atoms with Gasteiger partial charge in [0.15, 0.2) is 5.76 Å². The molecule has 3 rings (SSSR count). The Morgan fingerprint density at radius 1 is 1.21 bits per heavy atom. The van der Waals surface area contributed by atoms with Crippen LogP contribution in [-0.4, -0.2) is 20.1 Å². The van der Waals surface area contributed by atoms with Crippen LogP contribution < -0.4 is 5.73 Å². The van der Waals surface area contributed by atoms with Crippen LogP contribution in [0.2, 0.25) is 0 Å². The van der Waals surface area contributed by atoms with Crippen LogP contribution in [0.4, 0.5) is 0 Å². The van der Waals surface area contributed by atoms with Crippen molar-refractivity contribution in [2.24, 2.45) is 5.73 Å². The van der Waals surface area contributed by atoms with E-state index in [0.717, 1.165) is 11.4 Å². The standard InChI is InChI=1S/C13H12N4O2/c14-8-11-13(12-2-1-7-19-12)17(16-15-11)9-3-5-10(18)6-4-9/h1-7,18H,8,14H2. The molecule has 2 aromatic heterocycles. The Kier molecular flexibility index (Phi) is 2.77. The lowest BCUT2D eigenvalue weighted by Gasteiger charge is -2.05. The zero-order valence-corrected chi connectivity index (χ0v) is 10.0. The first-order chi connectivity index (χ1) is 9.29. The lowest BCUT2D eigenvalue weighted by molar-refractivity contribution is 0.475. The molecule has 0 radical (unpaired) electrons. The summed E-state index contributed by atoms with van der Waals surface area (Å²) >= 11 is 0. The molecule has 0 fully saturated rings. The maximum atomic E-state index is 9.32. The Hall–Kier alpha value is -2.60. The van der Waals surface area contributed by atoms with Crippen molar-refractivity contribution in [2.75, 3.05) is 0 Å². The number of phenols is 1. The molecule has 0 saturated heterocycles. The molecule has 0 aliphatic carbocycles. The number of nitrogens with zero attached hydrogens (tertiary/aromatic N) is 3. The van der Waals surface area contributed by atoms with Gasteiger partial charge in [-0.2, -0.15) is 0 Å². The highest BCUT2D eigenvalue weighted by Crippen LogP contribution is 2.26. The van der Waals surface area contributed by atoms with Gasteiger partial charge in [0, 0.05) is 6.54 Å². The molecule has 19 heavy (non-hydrogen) atoms. The largest absolute Gasteiger partial charge is 0.508 e. The zero-order valence-electron chi connectivity index (χ0n) is 10.0. The highest BCUT2D eigenvalue weighted by Gasteiger charge is 2.17. The molecule has 0 aliphatic heterocycles. The quantitative estimate of drug-likeness (QED) is 0.744. The molecule has 0 aliphatic rings. The maximum Gasteiger partial charge on any atom is 0.154 e. The molecule has 3 aromatic rings. The van der Waals surface area contributed by atoms with E-state index in [2.05, 4.69) is 10.3 Å². The van der Waals surface area contributed by atoms with E-state index in [1.165, 1.54) is 0 Å². The summed E-state index contributed by atoms with van der Waals surface area (Å²) in [7, 11) is 0. The van der Waals surface area contributed by atoms with Crippen molar-refractivity contribution >= 4 is 0 Å². The van der Waals surface area contributed by atoms with Crippen molar-refractivity contribution < 1.29 is 9.52 Å². The van der Waals surface area contributed by atoms with Crippen LogP contribution in [0.25, 0.3) is 17.1 Å². The molecule has 1 aromatic carbocycles. The van der Waals surface area contributed by atoms with Crippen molar-refractivity contribution in [1.82, 2.24) is 15.0 Å². The third-order valence-electron chi connectivity index (χ3n) is 2.78. The average molecular weight is 256 g/mol. The number of benzene rings is 1. The first-order valence-corrected chi connectivity index (χ1v) is 5.77. The Morgan fingerprint density at radius 3 is 2.63 bits per heavy atom. The van der Waals surface area contributed by atoms with E-state index in [9.17, 15) is 5.11 Å². The summed E-state index contributed by atoms with van der Waals surface area (Å²) in [5.41, 5.74) is 7.83. The minimum Gasteiger partial charge on any atom is -0.508 e. The van der Waals surface area contributed by atoms with Crippen LogP contribution in [-0.2, 0) is 6.54 Å². The minimum atomic E-state index is 0.197. The Balaban J connectivity index is 2.17. The third-order valence-corrected chi connectivity index (χ3v) is 2.78. The van der Waals surface area contributed by atoms with Gasteiger partial charge in [-0.25, -0.2) is 4.68 Å². The van der Waals surface area contributed by atoms with Crippen molar-refractivity contribution in [3.05, 3.63) is 48.4 Å². The molecule has 3 N–H and O–H groups in total. The third kappa shape index (κ3) is 1.98. The van der Waals surface area contributed by atoms with Gasteiger partial charge in [0.1, 0.15) is 17.1 Å². The molecule has 0 bridgehead atoms. The minimum absolute atomic E-state index is 0.197. The molecule has 96 valence electrons. The van der Waals surface area contributed by atoms with E-state index in [4.69, 9.17) is 10.2 Å². The molecular formula is C13H12N4O2. The number of aromatic nitrogens is 3. The smallest absolute Gasteiger partial charge is 0.154 e. The topological polar surface area (TPSA) is 90.1 Å². The predicted molar refractivity (Wildman–Crippen MR) is 68.6 cm³/mol. The summed E-state index contributed by atoms with van der Waals surface area (Å²) in [5.74, 6) is 0.848. The number of nitrogens with two attached hydrogens (primary N) is 1. The summed E-state index contributed by atoms with van der Waals surface area (Å²) in [6.45, 7) is 0.272. The Labute approximate surface area is 109 Å². The normalized spacial score (nSPS) is 10.8. The predicted octanol–water partition coefficient (Wildman–Crippen LogP) is 1.69. The highest BCUT2D eigenvalue weighted by molar-refractivity contribution is 5.58. The lowest BCUT2D eigenvalue weighted by atomic mass is 10.2. The molecule has 0 unspecified atom stereocenters. The highest BCUT2D eigenvalue weighted by atomic mass is 16.3. The Morgan fingerprint density at radius 2 is 2.00 bits per heavy atom. The second-order valence-corrected chi connectivity index (χ2v) is 3.99. The SMILES string of the molecule is NCc1nnn(-c2ccc(O)cc2)c1-c1ccco1. The summed E-state index contributed by atoms with van der Waals surface area (Å²) in [5, 5.41) is 17.5. The molecule has 0 atom stereocenters. The van der Waals surface area contributed by atoms with Gasteiger partial charge < -0.3 is 15.3 Å². The van der Waals surface area contributed by atoms with Gasteiger partial charge in [0.2, 0.25) is 0 Å². The molecule has 0 spiro atoms. The number of rotatable bonds is 3. The van der Waals surface area contributed by atoms with Gasteiger partial charge in [-0.05, 0) is 36.4 Å². The van der Waals surface area contributed by atoms with E-state index in [1.54, 1.807) is 41.3 Å². The number of phenolic OH excluding ortho intramolecular Hbond substituents is 1. The van der Waals surface area contributed by atoms with Crippen LogP contribution >= 0.6 is 0 Å². The zero-order chi connectivity index (χ0) is 13.2. The van der Waals surface area contributed by atoms with E-state index in [-0.39, 0.29) is 12.3 Å². The summed E-state index contributed by atoms with van der Waals surface area (Å²) in [6, 6.07) is 10.3. The molecule has 2 heterocycles. The van der Waals surface area contributed by atoms with Gasteiger partial charge in [-0.1, -0.05) is 5.21 Å². The fraction of sp³-hybridized carbons (Fsp3) is 0.0769. The Bertz CT molecular complexity index is 671. The van der Waals surface area contributed by atoms with Crippen molar-refractivity contribution in [3.8, 4) is 22.9 Å². The molecule has 6 nitrogen and oxygen atoms in total. The van der Waals surface area contributed by atoms with E-state index < -0.39 is 0 Å². The number of hydrogen-bond acceptors (Lipinski definition) is 5. The van der Waals surface area contributed by atoms with Crippen molar-refractivity contribution in [1.29, 1.82) is 0 Å². The lowest BCUT2D eigenvalue weighted by Crippen LogP contribution is -2.01. The van der Waals surface area contributed by atoms with Gasteiger partial charge in [0.25, 0.3) is 0 Å². The second-order valence-electron chi connectivity index (χ2n) is 3.99. The summed E-state index contributed by atoms with van der Waals surface area (Å²) < 4.78 is 7.04. The molecular weight excluding hydrogens is 244 g/mol. The van der Waals surface area contributed by atoms with Crippen LogP contribution in [0.5, 0.6) is 5.75 Å². The fourth-order valence-electron chi connectivity index (χ4n) is 1.88. The second kappa shape index (κ2) is 4.58. The van der Waals surface area contributed by atoms with Gasteiger partial charge in [0.05, 0.1) is 12.0 Å². The van der Waals surface area contributed by atoms with E-state index >= 15 is 0 Å². The number of aromatic hydroxyl groups is 1. The first kappa shape index (κ1) is 11.5. The fourth-order valence-corrected chi connectivity index (χ4v) is 1.88. The molecule has 0 saturated carbocycles. The summed E-state index contributed by atoms with van der Waals surface area (Å²) in [6.07, 6.45) is 1.59. The molecule has 6 heteroatoms. The van der Waals surface area contributed by atoms with E-state index in [1.807, 2.05) is 6.07 Å².